The lowest BCUT2D eigenvalue weighted by atomic mass is 9.88. The largest absolute Gasteiger partial charge is 0.491 e. The average molecular weight is 671 g/mol. The molecule has 13 heteroatoms. The average Bonchev–Trinajstić information content (AvgIpc) is 3.64. The summed E-state index contributed by atoms with van der Waals surface area (Å²) >= 11 is 8.05. The Morgan fingerprint density at radius 1 is 1.15 bits per heavy atom. The van der Waals surface area contributed by atoms with Gasteiger partial charge in [-0.15, -0.1) is 0 Å². The summed E-state index contributed by atoms with van der Waals surface area (Å²) in [5, 5.41) is 12.1. The number of aromatic nitrogens is 3. The second-order valence-corrected chi connectivity index (χ2v) is 15.2. The van der Waals surface area contributed by atoms with Crippen molar-refractivity contribution in [3.8, 4) is 22.9 Å². The molecule has 3 fully saturated rings. The molecule has 0 amide bonds. The molecule has 0 bridgehead atoms. The molecule has 2 aromatic carbocycles. The van der Waals surface area contributed by atoms with E-state index >= 15 is 4.39 Å². The first-order chi connectivity index (χ1) is 22.1. The minimum absolute atomic E-state index is 0.000215. The second kappa shape index (κ2) is 11.0. The van der Waals surface area contributed by atoms with Gasteiger partial charge in [-0.3, -0.25) is 4.90 Å². The van der Waals surface area contributed by atoms with Gasteiger partial charge in [-0.05, 0) is 70.0 Å². The third kappa shape index (κ3) is 4.70. The predicted octanol–water partition coefficient (Wildman–Crippen LogP) is 6.57. The fourth-order valence-electron chi connectivity index (χ4n) is 8.51. The van der Waals surface area contributed by atoms with E-state index in [1.54, 1.807) is 0 Å². The summed E-state index contributed by atoms with van der Waals surface area (Å²) in [5.74, 6) is 0.00952. The number of hydrogen-bond donors (Lipinski definition) is 2. The first kappa shape index (κ1) is 30.3. The number of nitrogen functional groups attached to an aromatic ring is 1. The van der Waals surface area contributed by atoms with Gasteiger partial charge in [0.2, 0.25) is 0 Å². The highest BCUT2D eigenvalue weighted by molar-refractivity contribution is 7.22. The molecule has 0 spiro atoms. The summed E-state index contributed by atoms with van der Waals surface area (Å²) in [5.41, 5.74) is 5.33. The van der Waals surface area contributed by atoms with Crippen molar-refractivity contribution in [2.75, 3.05) is 43.5 Å². The lowest BCUT2D eigenvalue weighted by Gasteiger charge is -2.41. The van der Waals surface area contributed by atoms with Crippen molar-refractivity contribution in [3.05, 3.63) is 28.8 Å². The molecule has 8 rings (SSSR count). The van der Waals surface area contributed by atoms with E-state index in [2.05, 4.69) is 21.7 Å². The lowest BCUT2D eigenvalue weighted by Crippen LogP contribution is -2.51. The lowest BCUT2D eigenvalue weighted by molar-refractivity contribution is 0.0184. The molecule has 2 aromatic heterocycles. The maximum Gasteiger partial charge on any atom is 0.319 e. The van der Waals surface area contributed by atoms with E-state index in [0.717, 1.165) is 56.5 Å². The molecule has 4 atom stereocenters. The monoisotopic (exact) mass is 670 g/mol. The van der Waals surface area contributed by atoms with Gasteiger partial charge in [0.1, 0.15) is 23.8 Å². The Kier molecular flexibility index (Phi) is 7.24. The fourth-order valence-corrected chi connectivity index (χ4v) is 9.61. The number of nitrogens with zero attached hydrogens (tertiary/aromatic N) is 5. The maximum atomic E-state index is 17.1. The molecule has 0 radical (unpaired) electrons. The number of ether oxygens (including phenoxy) is 2. The van der Waals surface area contributed by atoms with E-state index in [4.69, 9.17) is 36.8 Å². The molecule has 3 saturated heterocycles. The van der Waals surface area contributed by atoms with Gasteiger partial charge in [0.15, 0.2) is 16.7 Å². The zero-order valence-corrected chi connectivity index (χ0v) is 27.5. The van der Waals surface area contributed by atoms with Gasteiger partial charge in [0.05, 0.1) is 44.4 Å². The minimum atomic E-state index is -1.02. The Morgan fingerprint density at radius 3 is 2.85 bits per heavy atom. The SMILES string of the molecule is C[C@H]1CN2CCC[C@@]2(COc2nc3c4c(c(Cl)c(-c5ccc(F)c6sc(N)nc56)c(F)c4n2)OCCC2N3CCCCC2(C)O)C1. The second-order valence-electron chi connectivity index (χ2n) is 13.7. The third-order valence-corrected chi connectivity index (χ3v) is 11.8. The molecule has 0 aliphatic carbocycles. The number of aliphatic hydroxyl groups is 1. The summed E-state index contributed by atoms with van der Waals surface area (Å²) < 4.78 is 44.9. The van der Waals surface area contributed by atoms with Gasteiger partial charge < -0.3 is 25.2 Å². The van der Waals surface area contributed by atoms with Crippen molar-refractivity contribution in [1.82, 2.24) is 19.9 Å². The van der Waals surface area contributed by atoms with E-state index in [-0.39, 0.29) is 67.0 Å². The van der Waals surface area contributed by atoms with Crippen LogP contribution in [-0.2, 0) is 0 Å². The predicted molar refractivity (Wildman–Crippen MR) is 176 cm³/mol. The number of nitrogens with two attached hydrogens (primary N) is 1. The van der Waals surface area contributed by atoms with Gasteiger partial charge in [0.25, 0.3) is 0 Å². The van der Waals surface area contributed by atoms with Gasteiger partial charge in [-0.1, -0.05) is 29.9 Å². The van der Waals surface area contributed by atoms with Crippen LogP contribution in [0.15, 0.2) is 12.1 Å². The van der Waals surface area contributed by atoms with Crippen LogP contribution >= 0.6 is 22.9 Å². The fraction of sp³-hybridized carbons (Fsp3) is 0.545. The standard InChI is InChI=1S/C33H37ClF2N6O3S/c1-17-14-33(10-5-11-41(33)15-17)16-45-31-39-26-22-27(44-13-8-20-32(2,43)9-3-4-12-42(20)29(22)40-31)23(34)21(24(26)36)18-6-7-19(35)28-25(18)38-30(37)46-28/h6-7,17,20,43H,3-5,8-16H2,1-2H3,(H2,37,38)/t17-,20?,32?,33+/m1/s1. The number of thiazole rings is 1. The molecule has 3 N–H and O–H groups in total. The van der Waals surface area contributed by atoms with Crippen LogP contribution in [0.1, 0.15) is 58.8 Å². The Bertz CT molecular complexity index is 1870. The normalized spacial score (nSPS) is 28.1. The zero-order chi connectivity index (χ0) is 32.0. The van der Waals surface area contributed by atoms with E-state index < -0.39 is 17.2 Å². The van der Waals surface area contributed by atoms with E-state index in [1.165, 1.54) is 12.1 Å². The third-order valence-electron chi connectivity index (χ3n) is 10.5. The van der Waals surface area contributed by atoms with Crippen LogP contribution in [0, 0.1) is 17.6 Å². The smallest absolute Gasteiger partial charge is 0.319 e. The van der Waals surface area contributed by atoms with Gasteiger partial charge in [-0.25, -0.2) is 13.8 Å². The van der Waals surface area contributed by atoms with E-state index in [9.17, 15) is 9.50 Å². The number of hydrogen-bond acceptors (Lipinski definition) is 10. The molecule has 2 unspecified atom stereocenters. The summed E-state index contributed by atoms with van der Waals surface area (Å²) in [6, 6.07) is 2.45. The van der Waals surface area contributed by atoms with Crippen LogP contribution in [0.4, 0.5) is 19.7 Å². The molecule has 4 aliphatic heterocycles. The van der Waals surface area contributed by atoms with Crippen molar-refractivity contribution in [3.63, 3.8) is 0 Å². The Labute approximate surface area is 274 Å². The van der Waals surface area contributed by atoms with Crippen LogP contribution < -0.4 is 20.1 Å². The van der Waals surface area contributed by atoms with Gasteiger partial charge in [-0.2, -0.15) is 9.97 Å². The molecule has 6 heterocycles. The Balaban J connectivity index is 1.35. The zero-order valence-electron chi connectivity index (χ0n) is 25.9. The van der Waals surface area contributed by atoms with Crippen LogP contribution in [0.3, 0.4) is 0 Å². The first-order valence-corrected chi connectivity index (χ1v) is 17.3. The van der Waals surface area contributed by atoms with Crippen molar-refractivity contribution in [1.29, 1.82) is 0 Å². The van der Waals surface area contributed by atoms with Crippen LogP contribution in [-0.4, -0.2) is 75.0 Å². The maximum absolute atomic E-state index is 17.1. The number of halogens is 3. The van der Waals surface area contributed by atoms with Gasteiger partial charge >= 0.3 is 6.01 Å². The highest BCUT2D eigenvalue weighted by atomic mass is 35.5. The first-order valence-electron chi connectivity index (χ1n) is 16.1. The number of anilines is 2. The van der Waals surface area contributed by atoms with Crippen LogP contribution in [0.5, 0.6) is 11.8 Å². The van der Waals surface area contributed by atoms with E-state index in [1.807, 2.05) is 6.92 Å². The summed E-state index contributed by atoms with van der Waals surface area (Å²) in [7, 11) is 0. The molecular weight excluding hydrogens is 634 g/mol. The minimum Gasteiger partial charge on any atom is -0.491 e. The Hall–Kier alpha value is -3.06. The number of benzene rings is 2. The van der Waals surface area contributed by atoms with Crippen molar-refractivity contribution in [2.45, 2.75) is 76.0 Å². The summed E-state index contributed by atoms with van der Waals surface area (Å²) in [6.45, 7) is 7.41. The number of fused-ring (bicyclic) bond motifs is 4. The molecular formula is C33H37ClF2N6O3S. The summed E-state index contributed by atoms with van der Waals surface area (Å²) in [4.78, 5) is 18.5. The van der Waals surface area contributed by atoms with E-state index in [0.29, 0.717) is 43.1 Å². The molecule has 244 valence electrons. The Morgan fingerprint density at radius 2 is 2.00 bits per heavy atom. The van der Waals surface area contributed by atoms with Crippen molar-refractivity contribution in [2.24, 2.45) is 5.92 Å². The molecule has 4 aromatic rings. The highest BCUT2D eigenvalue weighted by Crippen LogP contribution is 2.50. The van der Waals surface area contributed by atoms with Gasteiger partial charge in [0, 0.05) is 30.6 Å². The van der Waals surface area contributed by atoms with Crippen LogP contribution in [0.25, 0.3) is 32.2 Å². The molecule has 0 saturated carbocycles. The quantitative estimate of drug-likeness (QED) is 0.249. The molecule has 9 nitrogen and oxygen atoms in total. The highest BCUT2D eigenvalue weighted by Gasteiger charge is 2.48. The summed E-state index contributed by atoms with van der Waals surface area (Å²) in [6.07, 6.45) is 5.94. The van der Waals surface area contributed by atoms with Crippen molar-refractivity contribution < 1.29 is 23.4 Å². The van der Waals surface area contributed by atoms with Crippen molar-refractivity contribution >= 4 is 55.0 Å². The number of rotatable bonds is 4. The molecule has 4 aliphatic rings. The van der Waals surface area contributed by atoms with Crippen LogP contribution in [0.2, 0.25) is 5.02 Å². The molecule has 46 heavy (non-hydrogen) atoms. The topological polar surface area (TPSA) is 110 Å².